The van der Waals surface area contributed by atoms with E-state index in [4.69, 9.17) is 4.11 Å². The van der Waals surface area contributed by atoms with Crippen LogP contribution in [0.15, 0.2) is 0 Å². The number of aliphatic hydroxyl groups is 2. The monoisotopic (exact) mass is 423 g/mol. The number of fused-ring (bicyclic) bond motifs is 5. The van der Waals surface area contributed by atoms with E-state index in [-0.39, 0.29) is 41.4 Å². The summed E-state index contributed by atoms with van der Waals surface area (Å²) in [6, 6.07) is 0. The average Bonchev–Trinajstić information content (AvgIpc) is 3.06. The van der Waals surface area contributed by atoms with Crippen LogP contribution in [-0.4, -0.2) is 33.5 Å². The molecule has 0 aromatic carbocycles. The van der Waals surface area contributed by atoms with Gasteiger partial charge in [-0.05, 0) is 104 Å². The van der Waals surface area contributed by atoms with E-state index < -0.39 is 25.0 Å². The Bertz CT molecular complexity index is 742. The average molecular weight is 424 g/mol. The summed E-state index contributed by atoms with van der Waals surface area (Å²) in [7, 11) is 0. The molecule has 0 heterocycles. The fraction of sp³-hybridized carbons (Fsp3) is 0.962. The normalized spacial score (nSPS) is 53.4. The molecule has 4 saturated carbocycles. The lowest BCUT2D eigenvalue weighted by molar-refractivity contribution is -0.203. The molecule has 3 unspecified atom stereocenters. The van der Waals surface area contributed by atoms with Crippen molar-refractivity contribution in [2.45, 2.75) is 104 Å². The SMILES string of the molecule is [2H]C([2H])([2H])C[C@H]1[C@@H](O)C2C3CC[C@H]([C@H](C)CCC(=O)O)[C@@]3(C)CCC2[C@@]2(C)CC[C@@H](O)C[C@@H]12. The van der Waals surface area contributed by atoms with Gasteiger partial charge < -0.3 is 15.3 Å². The third kappa shape index (κ3) is 3.36. The Kier molecular flexibility index (Phi) is 5.08. The molecule has 0 aromatic heterocycles. The zero-order chi connectivity index (χ0) is 24.3. The Balaban J connectivity index is 1.65. The van der Waals surface area contributed by atoms with Crippen molar-refractivity contribution in [3.8, 4) is 0 Å². The van der Waals surface area contributed by atoms with Crippen molar-refractivity contribution in [2.24, 2.45) is 52.3 Å². The Morgan fingerprint density at radius 3 is 2.47 bits per heavy atom. The summed E-state index contributed by atoms with van der Waals surface area (Å²) in [6.45, 7) is 4.79. The van der Waals surface area contributed by atoms with E-state index in [2.05, 4.69) is 20.8 Å². The molecule has 30 heavy (non-hydrogen) atoms. The van der Waals surface area contributed by atoms with Gasteiger partial charge in [0.25, 0.3) is 0 Å². The number of rotatable bonds is 5. The number of carboxylic acids is 1. The molecule has 4 aliphatic rings. The maximum atomic E-state index is 11.8. The van der Waals surface area contributed by atoms with Gasteiger partial charge in [-0.3, -0.25) is 4.79 Å². The summed E-state index contributed by atoms with van der Waals surface area (Å²) < 4.78 is 23.9. The molecule has 172 valence electrons. The highest BCUT2D eigenvalue weighted by Gasteiger charge is 2.64. The summed E-state index contributed by atoms with van der Waals surface area (Å²) >= 11 is 0. The van der Waals surface area contributed by atoms with Crippen molar-refractivity contribution in [3.05, 3.63) is 0 Å². The number of aliphatic carboxylic acids is 1. The molecule has 0 saturated heterocycles. The van der Waals surface area contributed by atoms with E-state index in [1.54, 1.807) is 0 Å². The summed E-state index contributed by atoms with van der Waals surface area (Å²) in [5.74, 6) is 0.618. The first-order chi connectivity index (χ1) is 15.3. The molecule has 0 amide bonds. The van der Waals surface area contributed by atoms with Crippen LogP contribution in [0.4, 0.5) is 0 Å². The second-order valence-corrected chi connectivity index (χ2v) is 11.8. The molecule has 0 bridgehead atoms. The van der Waals surface area contributed by atoms with Crippen LogP contribution in [0, 0.1) is 52.3 Å². The fourth-order valence-corrected chi connectivity index (χ4v) is 9.22. The molecule has 4 aliphatic carbocycles. The zero-order valence-corrected chi connectivity index (χ0v) is 19.0. The van der Waals surface area contributed by atoms with Gasteiger partial charge in [-0.15, -0.1) is 0 Å². The number of aliphatic hydroxyl groups excluding tert-OH is 2. The van der Waals surface area contributed by atoms with E-state index >= 15 is 0 Å². The summed E-state index contributed by atoms with van der Waals surface area (Å²) in [5, 5.41) is 31.5. The number of carboxylic acid groups (broad SMARTS) is 1. The minimum atomic E-state index is -2.09. The first-order valence-corrected chi connectivity index (χ1v) is 12.4. The molecule has 4 heteroatoms. The molecule has 0 aromatic rings. The van der Waals surface area contributed by atoms with E-state index in [1.165, 1.54) is 0 Å². The Labute approximate surface area is 187 Å². The van der Waals surface area contributed by atoms with Crippen LogP contribution in [-0.2, 0) is 4.79 Å². The van der Waals surface area contributed by atoms with Crippen molar-refractivity contribution < 1.29 is 24.2 Å². The summed E-state index contributed by atoms with van der Waals surface area (Å²) in [5.41, 5.74) is 0.0371. The number of hydrogen-bond acceptors (Lipinski definition) is 3. The van der Waals surface area contributed by atoms with Crippen molar-refractivity contribution in [3.63, 3.8) is 0 Å². The second kappa shape index (κ2) is 8.06. The minimum Gasteiger partial charge on any atom is -0.481 e. The minimum absolute atomic E-state index is 0.0201. The Morgan fingerprint density at radius 2 is 1.77 bits per heavy atom. The summed E-state index contributed by atoms with van der Waals surface area (Å²) in [6.07, 6.45) is 6.41. The smallest absolute Gasteiger partial charge is 0.303 e. The first-order valence-electron chi connectivity index (χ1n) is 13.9. The van der Waals surface area contributed by atoms with Crippen molar-refractivity contribution in [1.29, 1.82) is 0 Å². The number of hydrogen-bond donors (Lipinski definition) is 3. The molecule has 11 atom stereocenters. The van der Waals surface area contributed by atoms with Crippen LogP contribution >= 0.6 is 0 Å². The van der Waals surface area contributed by atoms with E-state index in [1.807, 2.05) is 0 Å². The molecule has 0 radical (unpaired) electrons. The molecule has 0 spiro atoms. The van der Waals surface area contributed by atoms with Crippen molar-refractivity contribution in [2.75, 3.05) is 0 Å². The van der Waals surface area contributed by atoms with Crippen LogP contribution in [0.1, 0.15) is 95.9 Å². The fourth-order valence-electron chi connectivity index (χ4n) is 9.22. The van der Waals surface area contributed by atoms with Crippen LogP contribution in [0.5, 0.6) is 0 Å². The van der Waals surface area contributed by atoms with Crippen molar-refractivity contribution in [1.82, 2.24) is 0 Å². The maximum absolute atomic E-state index is 11.8. The summed E-state index contributed by atoms with van der Waals surface area (Å²) in [4.78, 5) is 11.2. The molecule has 4 nitrogen and oxygen atoms in total. The van der Waals surface area contributed by atoms with Crippen LogP contribution < -0.4 is 0 Å². The van der Waals surface area contributed by atoms with E-state index in [0.717, 1.165) is 38.5 Å². The largest absolute Gasteiger partial charge is 0.481 e. The molecular formula is C26H44O4. The van der Waals surface area contributed by atoms with Crippen LogP contribution in [0.2, 0.25) is 0 Å². The lowest BCUT2D eigenvalue weighted by Crippen LogP contribution is -2.62. The molecule has 4 fully saturated rings. The second-order valence-electron chi connectivity index (χ2n) is 11.8. The van der Waals surface area contributed by atoms with Gasteiger partial charge in [0.1, 0.15) is 0 Å². The highest BCUT2D eigenvalue weighted by atomic mass is 16.4. The van der Waals surface area contributed by atoms with Gasteiger partial charge in [0.05, 0.1) is 12.2 Å². The lowest BCUT2D eigenvalue weighted by atomic mass is 9.41. The third-order valence-corrected chi connectivity index (χ3v) is 10.7. The van der Waals surface area contributed by atoms with Gasteiger partial charge in [0.15, 0.2) is 0 Å². The van der Waals surface area contributed by atoms with E-state index in [9.17, 15) is 20.1 Å². The number of carbonyl (C=O) groups is 1. The van der Waals surface area contributed by atoms with Crippen LogP contribution in [0.3, 0.4) is 0 Å². The molecule has 0 aliphatic heterocycles. The molecule has 3 N–H and O–H groups in total. The quantitative estimate of drug-likeness (QED) is 0.574. The third-order valence-electron chi connectivity index (χ3n) is 10.7. The highest BCUT2D eigenvalue weighted by Crippen LogP contribution is 2.69. The topological polar surface area (TPSA) is 77.8 Å². The molecule has 4 rings (SSSR count). The maximum Gasteiger partial charge on any atom is 0.303 e. The van der Waals surface area contributed by atoms with Gasteiger partial charge in [-0.1, -0.05) is 34.0 Å². The predicted molar refractivity (Wildman–Crippen MR) is 118 cm³/mol. The van der Waals surface area contributed by atoms with Gasteiger partial charge in [-0.25, -0.2) is 0 Å². The first kappa shape index (κ1) is 18.9. The standard InChI is InChI=1S/C26H44O4/c1-5-17-21-14-16(27)10-12-26(21,4)20-11-13-25(3)18(15(2)6-9-22(28)29)7-8-19(25)23(20)24(17)30/h15-21,23-24,27,30H,5-14H2,1-4H3,(H,28,29)/t15-,16-,17-,18-,19?,20?,21+,23?,24-,25-,26-/m1/s1/i1D3. The zero-order valence-electron chi connectivity index (χ0n) is 22.0. The van der Waals surface area contributed by atoms with Gasteiger partial charge in [0, 0.05) is 10.5 Å². The van der Waals surface area contributed by atoms with Crippen molar-refractivity contribution >= 4 is 5.97 Å². The lowest BCUT2D eigenvalue weighted by Gasteiger charge is -2.64. The Morgan fingerprint density at radius 1 is 1.07 bits per heavy atom. The van der Waals surface area contributed by atoms with E-state index in [0.29, 0.717) is 36.5 Å². The van der Waals surface area contributed by atoms with Gasteiger partial charge in [-0.2, -0.15) is 0 Å². The molecular weight excluding hydrogens is 376 g/mol. The highest BCUT2D eigenvalue weighted by molar-refractivity contribution is 5.66. The van der Waals surface area contributed by atoms with Gasteiger partial charge in [0.2, 0.25) is 0 Å². The van der Waals surface area contributed by atoms with Gasteiger partial charge >= 0.3 is 5.97 Å². The predicted octanol–water partition coefficient (Wildman–Crippen LogP) is 5.11. The Hall–Kier alpha value is -0.610. The van der Waals surface area contributed by atoms with Crippen LogP contribution in [0.25, 0.3) is 0 Å².